The van der Waals surface area contributed by atoms with E-state index in [0.717, 1.165) is 44.5 Å². The van der Waals surface area contributed by atoms with Gasteiger partial charge < -0.3 is 14.4 Å². The third kappa shape index (κ3) is 8.17. The molecule has 263 valence electrons. The van der Waals surface area contributed by atoms with Gasteiger partial charge in [-0.1, -0.05) is 111 Å². The molecular weight excluding hydrogens is 817 g/mol. The van der Waals surface area contributed by atoms with Crippen molar-refractivity contribution in [2.75, 3.05) is 0 Å². The minimum atomic E-state index is -1.34. The number of aryl methyl sites for hydroxylation is 3. The first-order valence-corrected chi connectivity index (χ1v) is 21.2. The molecule has 0 aliphatic carbocycles. The topological polar surface area (TPSA) is 38.9 Å². The monoisotopic (exact) mass is 865 g/mol. The van der Waals surface area contributed by atoms with Crippen molar-refractivity contribution in [3.8, 4) is 33.6 Å². The van der Waals surface area contributed by atoms with Crippen molar-refractivity contribution in [1.82, 2.24) is 9.97 Å². The first-order valence-electron chi connectivity index (χ1n) is 17.7. The van der Waals surface area contributed by atoms with Gasteiger partial charge in [0, 0.05) is 37.9 Å². The van der Waals surface area contributed by atoms with E-state index in [0.29, 0.717) is 11.8 Å². The van der Waals surface area contributed by atoms with E-state index < -0.39 is 8.07 Å². The Morgan fingerprint density at radius 1 is 0.706 bits per heavy atom. The van der Waals surface area contributed by atoms with Crippen molar-refractivity contribution in [1.29, 1.82) is 0 Å². The van der Waals surface area contributed by atoms with Crippen LogP contribution in [-0.4, -0.2) is 18.0 Å². The summed E-state index contributed by atoms with van der Waals surface area (Å²) in [5.41, 5.74) is 14.7. The zero-order chi connectivity index (χ0) is 35.7. The number of hydrogen-bond acceptors (Lipinski definition) is 3. The quantitative estimate of drug-likeness (QED) is 0.123. The molecule has 7 rings (SSSR count). The van der Waals surface area contributed by atoms with Gasteiger partial charge in [0.2, 0.25) is 0 Å². The fourth-order valence-electron chi connectivity index (χ4n) is 6.94. The molecule has 0 amide bonds. The van der Waals surface area contributed by atoms with E-state index >= 15 is 0 Å². The van der Waals surface area contributed by atoms with E-state index in [1.165, 1.54) is 44.1 Å². The summed E-state index contributed by atoms with van der Waals surface area (Å²) in [5.74, 6) is 0.979. The van der Waals surface area contributed by atoms with Gasteiger partial charge in [-0.2, -0.15) is 0 Å². The molecular formula is C46H48IrN2OSi-2. The number of aromatic nitrogens is 2. The molecule has 0 saturated carbocycles. The van der Waals surface area contributed by atoms with Crippen LogP contribution in [-0.2, 0) is 20.1 Å². The summed E-state index contributed by atoms with van der Waals surface area (Å²) in [6, 6.07) is 36.2. The van der Waals surface area contributed by atoms with E-state index in [-0.39, 0.29) is 20.1 Å². The van der Waals surface area contributed by atoms with Crippen LogP contribution in [0.4, 0.5) is 0 Å². The van der Waals surface area contributed by atoms with Gasteiger partial charge in [-0.15, -0.1) is 54.1 Å². The summed E-state index contributed by atoms with van der Waals surface area (Å²) in [7, 11) is -1.34. The van der Waals surface area contributed by atoms with Crippen LogP contribution >= 0.6 is 0 Å². The molecule has 0 saturated heterocycles. The van der Waals surface area contributed by atoms with Crippen LogP contribution in [0.25, 0.3) is 55.6 Å². The maximum Gasteiger partial charge on any atom is 0.121 e. The number of hydrogen-bond donors (Lipinski definition) is 0. The summed E-state index contributed by atoms with van der Waals surface area (Å²) in [4.78, 5) is 9.28. The molecule has 0 spiro atoms. The summed E-state index contributed by atoms with van der Waals surface area (Å²) >= 11 is 0. The Balaban J connectivity index is 0.000000218. The van der Waals surface area contributed by atoms with Crippen molar-refractivity contribution in [3.63, 3.8) is 0 Å². The first-order chi connectivity index (χ1) is 23.8. The average Bonchev–Trinajstić information content (AvgIpc) is 3.46. The molecule has 0 fully saturated rings. The largest absolute Gasteiger partial charge is 0.501 e. The maximum atomic E-state index is 6.43. The van der Waals surface area contributed by atoms with Gasteiger partial charge in [-0.3, -0.25) is 0 Å². The fraction of sp³-hybridized carbons (Fsp3) is 0.261. The molecule has 1 radical (unpaired) electrons. The zero-order valence-electron chi connectivity index (χ0n) is 31.5. The average molecular weight is 865 g/mol. The molecule has 3 nitrogen and oxygen atoms in total. The zero-order valence-corrected chi connectivity index (χ0v) is 34.9. The van der Waals surface area contributed by atoms with E-state index in [1.54, 1.807) is 0 Å². The Kier molecular flexibility index (Phi) is 11.7. The Labute approximate surface area is 319 Å². The maximum absolute atomic E-state index is 6.43. The Morgan fingerprint density at radius 2 is 1.45 bits per heavy atom. The van der Waals surface area contributed by atoms with Crippen LogP contribution in [0.2, 0.25) is 19.6 Å². The van der Waals surface area contributed by atoms with E-state index in [9.17, 15) is 0 Å². The number of furan rings is 1. The van der Waals surface area contributed by atoms with Crippen molar-refractivity contribution in [3.05, 3.63) is 137 Å². The molecule has 3 aromatic heterocycles. The predicted octanol–water partition coefficient (Wildman–Crippen LogP) is 12.4. The Morgan fingerprint density at radius 3 is 2.10 bits per heavy atom. The normalized spacial score (nSPS) is 11.5. The van der Waals surface area contributed by atoms with E-state index in [2.05, 4.69) is 157 Å². The first kappa shape index (κ1) is 38.1. The van der Waals surface area contributed by atoms with Crippen LogP contribution in [0.1, 0.15) is 67.3 Å². The number of fused-ring (bicyclic) bond motifs is 3. The second-order valence-corrected chi connectivity index (χ2v) is 20.2. The minimum absolute atomic E-state index is 0. The molecule has 0 unspecified atom stereocenters. The number of nitrogens with zero attached hydrogens (tertiary/aromatic N) is 2. The van der Waals surface area contributed by atoms with Crippen molar-refractivity contribution in [2.24, 2.45) is 0 Å². The number of benzene rings is 4. The molecule has 7 aromatic rings. The van der Waals surface area contributed by atoms with Crippen LogP contribution in [0.5, 0.6) is 0 Å². The van der Waals surface area contributed by atoms with Gasteiger partial charge in [-0.25, -0.2) is 0 Å². The molecule has 5 heteroatoms. The minimum Gasteiger partial charge on any atom is -0.501 e. The van der Waals surface area contributed by atoms with Crippen LogP contribution in [0.15, 0.2) is 102 Å². The second-order valence-electron chi connectivity index (χ2n) is 15.1. The van der Waals surface area contributed by atoms with Gasteiger partial charge in [0.25, 0.3) is 0 Å². The number of rotatable bonds is 6. The Bertz CT molecular complexity index is 2270. The Hall–Kier alpha value is -4.15. The second kappa shape index (κ2) is 15.6. The molecule has 0 bridgehead atoms. The van der Waals surface area contributed by atoms with Crippen molar-refractivity contribution in [2.45, 2.75) is 79.9 Å². The van der Waals surface area contributed by atoms with Gasteiger partial charge >= 0.3 is 0 Å². The van der Waals surface area contributed by atoms with Crippen molar-refractivity contribution < 1.29 is 24.5 Å². The summed E-state index contributed by atoms with van der Waals surface area (Å²) < 4.78 is 6.43. The molecule has 0 N–H and O–H groups in total. The predicted molar refractivity (Wildman–Crippen MR) is 215 cm³/mol. The SMILES string of the molecule is CC(C)c1cc(-c2[c-]cccc2)ncc1[Si](C)(C)C.Cc1cc(C)c(-c2ccc3c(c2)oc2c(-c4cc(C(C)C)ccn4)[c-]ccc23)c(C)c1.[Ir]. The van der Waals surface area contributed by atoms with Gasteiger partial charge in [-0.05, 0) is 83.6 Å². The third-order valence-corrected chi connectivity index (χ3v) is 11.5. The van der Waals surface area contributed by atoms with Crippen LogP contribution < -0.4 is 5.19 Å². The molecule has 51 heavy (non-hydrogen) atoms. The van der Waals surface area contributed by atoms with Gasteiger partial charge in [0.1, 0.15) is 5.58 Å². The van der Waals surface area contributed by atoms with Crippen molar-refractivity contribution >= 4 is 35.2 Å². The standard InChI is InChI=1S/C29H26NO.C17H22NSi.Ir/c1-17(2)21-11-12-30-26(15-21)25-8-6-7-24-23-10-9-22(16-27(23)31-29(24)25)28-19(4)13-18(3)14-20(28)5;1-13(2)15-11-16(14-9-7-6-8-10-14)18-12-17(15)19(3,4)5;/h6-7,9-17H,1-5H3;6-9,11-13H,1-5H3;/q2*-1;. The molecule has 3 heterocycles. The third-order valence-electron chi connectivity index (χ3n) is 9.46. The summed E-state index contributed by atoms with van der Waals surface area (Å²) in [6.45, 7) is 22.6. The molecule has 4 aromatic carbocycles. The smallest absolute Gasteiger partial charge is 0.121 e. The van der Waals surface area contributed by atoms with E-state index in [1.807, 2.05) is 30.5 Å². The fourth-order valence-corrected chi connectivity index (χ4v) is 8.62. The van der Waals surface area contributed by atoms with E-state index in [4.69, 9.17) is 4.42 Å². The molecule has 0 aliphatic rings. The van der Waals surface area contributed by atoms with Crippen LogP contribution in [0, 0.1) is 32.9 Å². The number of pyridine rings is 2. The molecule has 0 atom stereocenters. The molecule has 0 aliphatic heterocycles. The van der Waals surface area contributed by atoms with Gasteiger partial charge in [0.05, 0.1) is 13.7 Å². The summed E-state index contributed by atoms with van der Waals surface area (Å²) in [6.07, 6.45) is 3.97. The summed E-state index contributed by atoms with van der Waals surface area (Å²) in [5, 5.41) is 3.70. The van der Waals surface area contributed by atoms with Gasteiger partial charge in [0.15, 0.2) is 0 Å². The van der Waals surface area contributed by atoms with Crippen LogP contribution in [0.3, 0.4) is 0 Å².